The van der Waals surface area contributed by atoms with E-state index in [0.29, 0.717) is 22.7 Å². The van der Waals surface area contributed by atoms with Crippen LogP contribution < -0.4 is 36.9 Å². The van der Waals surface area contributed by atoms with Crippen molar-refractivity contribution in [3.63, 3.8) is 0 Å². The van der Waals surface area contributed by atoms with Crippen molar-refractivity contribution in [3.05, 3.63) is 71.6 Å². The van der Waals surface area contributed by atoms with E-state index in [2.05, 4.69) is 35.1 Å². The van der Waals surface area contributed by atoms with Crippen molar-refractivity contribution in [2.24, 2.45) is 5.16 Å². The molecule has 1 saturated heterocycles. The van der Waals surface area contributed by atoms with Gasteiger partial charge >= 0.3 is 17.7 Å². The van der Waals surface area contributed by atoms with Gasteiger partial charge in [0.15, 0.2) is 11.8 Å². The molecule has 4 aromatic rings. The topological polar surface area (TPSA) is 203 Å². The van der Waals surface area contributed by atoms with Gasteiger partial charge < -0.3 is 41.3 Å². The fourth-order valence-corrected chi connectivity index (χ4v) is 7.18. The second-order valence-electron chi connectivity index (χ2n) is 12.4. The summed E-state index contributed by atoms with van der Waals surface area (Å²) in [4.78, 5) is 71.8. The highest BCUT2D eigenvalue weighted by Gasteiger charge is 2.55. The number of β-lactam (4-membered cyclic amide) rings is 1. The molecule has 0 spiro atoms. The quantitative estimate of drug-likeness (QED) is 0.0564. The number of fused-ring (bicyclic) bond motifs is 2. The number of amides is 3. The number of nitrogens with one attached hydrogen (secondary N) is 3. The number of H-pyrrole nitrogens is 1. The number of carbonyl (C=O) groups is 4. The first-order chi connectivity index (χ1) is 25.0. The molecule has 0 saturated carbocycles. The maximum Gasteiger partial charge on any atom is 0.414 e. The highest BCUT2D eigenvalue weighted by molar-refractivity contribution is 8.00. The molecule has 6 rings (SSSR count). The third-order valence-corrected chi connectivity index (χ3v) is 9.57. The maximum atomic E-state index is 13.8. The minimum atomic E-state index is -1.02. The van der Waals surface area contributed by atoms with Crippen molar-refractivity contribution in [2.75, 3.05) is 24.8 Å². The second-order valence-corrected chi connectivity index (χ2v) is 14.3. The zero-order valence-electron chi connectivity index (χ0n) is 29.2. The third-order valence-electron chi connectivity index (χ3n) is 7.60. The smallest absolute Gasteiger partial charge is 0.414 e. The van der Waals surface area contributed by atoms with E-state index in [0.717, 1.165) is 22.6 Å². The van der Waals surface area contributed by atoms with Crippen LogP contribution in [0, 0.1) is 0 Å². The number of rotatable bonds is 12. The van der Waals surface area contributed by atoms with Gasteiger partial charge in [0.25, 0.3) is 11.8 Å². The normalized spacial score (nSPS) is 17.0. The highest BCUT2D eigenvalue weighted by Crippen LogP contribution is 2.41. The first-order valence-corrected chi connectivity index (χ1v) is 17.9. The summed E-state index contributed by atoms with van der Waals surface area (Å²) in [7, 11) is 1.56. The molecule has 2 atom stereocenters. The summed E-state index contributed by atoms with van der Waals surface area (Å²) in [6.45, 7) is 7.18. The fourth-order valence-electron chi connectivity index (χ4n) is 5.29. The Morgan fingerprint density at radius 2 is 1.94 bits per heavy atom. The monoisotopic (exact) mass is 829 g/mol. The van der Waals surface area contributed by atoms with Gasteiger partial charge in [-0.15, -0.1) is 16.7 Å². The SMILES string of the molecule is CCO/N=C(\C(=O)NC1C(=O)N2C(C(=O)OCc3ccc(OC)cc3)=C(C[n+]3c[nH]c4cccnc43)CSC12)c1nsc(NC(=O)OC(C)(C)C)n1.[Br-]. The summed E-state index contributed by atoms with van der Waals surface area (Å²) in [5.74, 6) is -1.10. The summed E-state index contributed by atoms with van der Waals surface area (Å²) >= 11 is 2.20. The average molecular weight is 831 g/mol. The van der Waals surface area contributed by atoms with Crippen molar-refractivity contribution >= 4 is 69.2 Å². The lowest BCUT2D eigenvalue weighted by Crippen LogP contribution is -3.00. The molecule has 2 aliphatic rings. The number of oxime groups is 1. The number of hydrogen-bond acceptors (Lipinski definition) is 14. The molecule has 3 amide bonds. The molecule has 0 aliphatic carbocycles. The Labute approximate surface area is 322 Å². The Balaban J connectivity index is 0.00000541. The maximum absolute atomic E-state index is 13.8. The Bertz CT molecular complexity index is 2060. The third kappa shape index (κ3) is 8.94. The van der Waals surface area contributed by atoms with Crippen LogP contribution >= 0.6 is 23.3 Å². The van der Waals surface area contributed by atoms with Crippen LogP contribution in [0.2, 0.25) is 0 Å². The molecule has 1 aromatic carbocycles. The summed E-state index contributed by atoms with van der Waals surface area (Å²) < 4.78 is 22.2. The Kier molecular flexibility index (Phi) is 12.3. The summed E-state index contributed by atoms with van der Waals surface area (Å²) in [5, 5.41) is 8.52. The molecule has 17 nitrogen and oxygen atoms in total. The van der Waals surface area contributed by atoms with Gasteiger partial charge in [-0.3, -0.25) is 24.8 Å². The number of hydrogen-bond donors (Lipinski definition) is 3. The van der Waals surface area contributed by atoms with Crippen LogP contribution in [0.5, 0.6) is 5.75 Å². The van der Waals surface area contributed by atoms with Gasteiger partial charge in [-0.25, -0.2) is 14.2 Å². The van der Waals surface area contributed by atoms with Gasteiger partial charge in [-0.05, 0) is 57.5 Å². The van der Waals surface area contributed by atoms with Gasteiger partial charge in [-0.2, -0.15) is 9.36 Å². The number of ether oxygens (including phenoxy) is 3. The number of benzene rings is 1. The minimum Gasteiger partial charge on any atom is -1.00 e. The molecule has 0 radical (unpaired) electrons. The van der Waals surface area contributed by atoms with Crippen LogP contribution in [-0.4, -0.2) is 90.3 Å². The van der Waals surface area contributed by atoms with E-state index in [4.69, 9.17) is 19.0 Å². The van der Waals surface area contributed by atoms with Crippen LogP contribution in [-0.2, 0) is 41.8 Å². The van der Waals surface area contributed by atoms with Gasteiger partial charge in [0, 0.05) is 22.9 Å². The average Bonchev–Trinajstić information content (AvgIpc) is 3.75. The Morgan fingerprint density at radius 3 is 2.66 bits per heavy atom. The van der Waals surface area contributed by atoms with Gasteiger partial charge in [-0.1, -0.05) is 17.3 Å². The van der Waals surface area contributed by atoms with Gasteiger partial charge in [0.2, 0.25) is 16.7 Å². The molecule has 20 heteroatoms. The van der Waals surface area contributed by atoms with Crippen LogP contribution in [0.1, 0.15) is 39.1 Å². The first-order valence-electron chi connectivity index (χ1n) is 16.1. The van der Waals surface area contributed by atoms with E-state index in [-0.39, 0.29) is 59.1 Å². The highest BCUT2D eigenvalue weighted by atomic mass is 79.9. The Morgan fingerprint density at radius 1 is 1.17 bits per heavy atom. The predicted molar refractivity (Wildman–Crippen MR) is 189 cm³/mol. The standard InChI is InChI=1S/C33H35N9O8S2.BrH/c1-6-49-39-22(25-37-31(52-40-25)38-32(46)50-33(2,3)4)27(43)36-23-28(44)42-24(30(45)48-15-18-9-11-20(47-5)12-10-18)19(16-51-29(23)42)14-41-17-35-21-8-7-13-34-26(21)41;/h7-13,17,23,29H,6,14-16H2,1-5H3,(H2,36,37,38,40,43,46);1H/b39-22-;. The van der Waals surface area contributed by atoms with Crippen LogP contribution in [0.4, 0.5) is 9.93 Å². The van der Waals surface area contributed by atoms with E-state index < -0.39 is 40.9 Å². The van der Waals surface area contributed by atoms with Crippen molar-refractivity contribution in [2.45, 2.75) is 57.9 Å². The number of aromatic amines is 1. The molecule has 2 unspecified atom stereocenters. The number of esters is 1. The van der Waals surface area contributed by atoms with Gasteiger partial charge in [0.1, 0.15) is 47.9 Å². The zero-order chi connectivity index (χ0) is 37.0. The lowest BCUT2D eigenvalue weighted by atomic mass is 10.0. The number of halogens is 1. The number of anilines is 1. The van der Waals surface area contributed by atoms with Crippen LogP contribution in [0.25, 0.3) is 11.2 Å². The first kappa shape index (κ1) is 39.1. The number of thioether (sulfide) groups is 1. The molecule has 53 heavy (non-hydrogen) atoms. The molecular weight excluding hydrogens is 794 g/mol. The summed E-state index contributed by atoms with van der Waals surface area (Å²) in [6, 6.07) is 9.77. The summed E-state index contributed by atoms with van der Waals surface area (Å²) in [5.41, 5.74) is 1.92. The van der Waals surface area contributed by atoms with Crippen LogP contribution in [0.3, 0.4) is 0 Å². The lowest BCUT2D eigenvalue weighted by Gasteiger charge is -2.49. The number of nitrogens with zero attached hydrogens (tertiary/aromatic N) is 6. The molecule has 5 heterocycles. The lowest BCUT2D eigenvalue weighted by molar-refractivity contribution is -0.664. The van der Waals surface area contributed by atoms with Crippen molar-refractivity contribution < 1.29 is 59.8 Å². The molecule has 3 aromatic heterocycles. The van der Waals surface area contributed by atoms with E-state index in [1.54, 1.807) is 71.6 Å². The Hall–Kier alpha value is -5.08. The number of aromatic nitrogens is 5. The molecule has 1 fully saturated rings. The summed E-state index contributed by atoms with van der Waals surface area (Å²) in [6.07, 6.45) is 2.68. The second kappa shape index (κ2) is 16.7. The molecule has 2 aliphatic heterocycles. The van der Waals surface area contributed by atoms with Gasteiger partial charge in [0.05, 0.1) is 13.7 Å². The van der Waals surface area contributed by atoms with Crippen molar-refractivity contribution in [1.29, 1.82) is 0 Å². The fraction of sp³-hybridized carbons (Fsp3) is 0.364. The minimum absolute atomic E-state index is 0. The van der Waals surface area contributed by atoms with Crippen LogP contribution in [0.15, 0.2) is 65.3 Å². The predicted octanol–water partition coefficient (Wildman–Crippen LogP) is -0.100. The van der Waals surface area contributed by atoms with E-state index in [9.17, 15) is 19.2 Å². The number of methoxy groups -OCH3 is 1. The zero-order valence-corrected chi connectivity index (χ0v) is 32.5. The number of pyridine rings is 1. The van der Waals surface area contributed by atoms with E-state index in [1.807, 2.05) is 16.7 Å². The largest absolute Gasteiger partial charge is 1.00 e. The number of imidazole rings is 1. The van der Waals surface area contributed by atoms with E-state index >= 15 is 0 Å². The molecular formula is C33H36BrN9O8S2. The molecule has 0 bridgehead atoms. The van der Waals surface area contributed by atoms with Crippen molar-refractivity contribution in [1.82, 2.24) is 29.5 Å². The van der Waals surface area contributed by atoms with Crippen molar-refractivity contribution in [3.8, 4) is 5.75 Å². The molecule has 280 valence electrons. The van der Waals surface area contributed by atoms with E-state index in [1.165, 1.54) is 16.7 Å². The number of carbonyl (C=O) groups excluding carboxylic acids is 4. The molecule has 3 N–H and O–H groups in total.